The van der Waals surface area contributed by atoms with Crippen LogP contribution in [0, 0.1) is 6.92 Å². The number of carbonyl (C=O) groups is 3. The molecule has 3 aromatic rings. The molecule has 1 aliphatic heterocycles. The van der Waals surface area contributed by atoms with E-state index in [4.69, 9.17) is 4.74 Å². The van der Waals surface area contributed by atoms with E-state index in [1.54, 1.807) is 42.8 Å². The molecule has 9 nitrogen and oxygen atoms in total. The second-order valence-electron chi connectivity index (χ2n) is 7.98. The first kappa shape index (κ1) is 23.0. The highest BCUT2D eigenvalue weighted by Gasteiger charge is 2.19. The average Bonchev–Trinajstić information content (AvgIpc) is 3.24. The lowest BCUT2D eigenvalue weighted by molar-refractivity contribution is -0.120. The molecule has 0 atom stereocenters. The van der Waals surface area contributed by atoms with Gasteiger partial charge in [-0.25, -0.2) is 9.48 Å². The van der Waals surface area contributed by atoms with Gasteiger partial charge in [-0.15, -0.1) is 0 Å². The third-order valence-corrected chi connectivity index (χ3v) is 5.74. The molecule has 2 heterocycles. The van der Waals surface area contributed by atoms with Crippen LogP contribution in [-0.2, 0) is 16.0 Å². The van der Waals surface area contributed by atoms with Crippen molar-refractivity contribution in [2.45, 2.75) is 26.7 Å². The van der Waals surface area contributed by atoms with Gasteiger partial charge in [0.05, 0.1) is 30.7 Å². The van der Waals surface area contributed by atoms with Crippen LogP contribution in [-0.4, -0.2) is 47.3 Å². The van der Waals surface area contributed by atoms with Crippen LogP contribution in [0.5, 0.6) is 0 Å². The summed E-state index contributed by atoms with van der Waals surface area (Å²) in [6, 6.07) is 14.7. The highest BCUT2D eigenvalue weighted by atomic mass is 16.5. The number of ether oxygens (including phenoxy) is 1. The minimum atomic E-state index is -0.427. The SMILES string of the molecule is CCOC(=O)c1cnn(-c2ccc(C(=O)NNC(=O)CN3CCCc4ccccc43)cc2)c1C. The van der Waals surface area contributed by atoms with Gasteiger partial charge in [-0.1, -0.05) is 18.2 Å². The summed E-state index contributed by atoms with van der Waals surface area (Å²) >= 11 is 0. The van der Waals surface area contributed by atoms with Crippen LogP contribution in [0.15, 0.2) is 54.7 Å². The molecule has 0 saturated heterocycles. The van der Waals surface area contributed by atoms with Gasteiger partial charge in [-0.05, 0) is 62.6 Å². The molecule has 0 unspecified atom stereocenters. The molecule has 0 spiro atoms. The summed E-state index contributed by atoms with van der Waals surface area (Å²) in [5.41, 5.74) is 9.35. The Morgan fingerprint density at radius 3 is 2.59 bits per heavy atom. The molecule has 176 valence electrons. The number of para-hydroxylation sites is 1. The number of aromatic nitrogens is 2. The molecular weight excluding hydrogens is 434 g/mol. The number of nitrogens with zero attached hydrogens (tertiary/aromatic N) is 3. The molecule has 1 aromatic heterocycles. The Balaban J connectivity index is 1.34. The highest BCUT2D eigenvalue weighted by Crippen LogP contribution is 2.26. The van der Waals surface area contributed by atoms with E-state index in [0.29, 0.717) is 22.5 Å². The van der Waals surface area contributed by atoms with Gasteiger partial charge in [0.1, 0.15) is 5.56 Å². The standard InChI is InChI=1S/C25H27N5O4/c1-3-34-25(33)21-15-26-30(17(21)2)20-12-10-19(11-13-20)24(32)28-27-23(31)16-29-14-6-8-18-7-4-5-9-22(18)29/h4-5,7,9-13,15H,3,6,8,14,16H2,1-2H3,(H,27,31)(H,28,32). The predicted molar refractivity (Wildman–Crippen MR) is 127 cm³/mol. The first-order chi connectivity index (χ1) is 16.5. The highest BCUT2D eigenvalue weighted by molar-refractivity contribution is 5.96. The number of esters is 1. The molecule has 2 amide bonds. The molecule has 0 radical (unpaired) electrons. The molecule has 2 N–H and O–H groups in total. The molecular formula is C25H27N5O4. The van der Waals surface area contributed by atoms with Gasteiger partial charge in [-0.3, -0.25) is 20.4 Å². The molecule has 34 heavy (non-hydrogen) atoms. The minimum Gasteiger partial charge on any atom is -0.462 e. The summed E-state index contributed by atoms with van der Waals surface area (Å²) in [5, 5.41) is 4.25. The van der Waals surface area contributed by atoms with E-state index in [0.717, 1.165) is 25.1 Å². The molecule has 0 fully saturated rings. The van der Waals surface area contributed by atoms with Crippen molar-refractivity contribution in [1.82, 2.24) is 20.6 Å². The normalized spacial score (nSPS) is 12.6. The number of hydrogen-bond acceptors (Lipinski definition) is 6. The molecule has 2 aromatic carbocycles. The fraction of sp³-hybridized carbons (Fsp3) is 0.280. The summed E-state index contributed by atoms with van der Waals surface area (Å²) < 4.78 is 6.64. The summed E-state index contributed by atoms with van der Waals surface area (Å²) in [7, 11) is 0. The number of hydrazine groups is 1. The van der Waals surface area contributed by atoms with Gasteiger partial charge in [0.25, 0.3) is 11.8 Å². The Hall–Kier alpha value is -4.14. The predicted octanol–water partition coefficient (Wildman–Crippen LogP) is 2.57. The van der Waals surface area contributed by atoms with Crippen LogP contribution < -0.4 is 15.8 Å². The minimum absolute atomic E-state index is 0.164. The lowest BCUT2D eigenvalue weighted by Gasteiger charge is -2.30. The summed E-state index contributed by atoms with van der Waals surface area (Å²) in [5.74, 6) is -1.14. The smallest absolute Gasteiger partial charge is 0.341 e. The first-order valence-electron chi connectivity index (χ1n) is 11.2. The fourth-order valence-corrected chi connectivity index (χ4v) is 4.02. The van der Waals surface area contributed by atoms with E-state index < -0.39 is 11.9 Å². The number of aryl methyl sites for hydroxylation is 1. The van der Waals surface area contributed by atoms with Crippen molar-refractivity contribution in [3.8, 4) is 5.69 Å². The Bertz CT molecular complexity index is 1200. The van der Waals surface area contributed by atoms with Crippen molar-refractivity contribution in [3.05, 3.63) is 77.1 Å². The average molecular weight is 462 g/mol. The summed E-state index contributed by atoms with van der Waals surface area (Å²) in [6.45, 7) is 4.77. The third kappa shape index (κ3) is 4.93. The van der Waals surface area contributed by atoms with Crippen molar-refractivity contribution >= 4 is 23.5 Å². The summed E-state index contributed by atoms with van der Waals surface area (Å²) in [6.07, 6.45) is 3.45. The van der Waals surface area contributed by atoms with Gasteiger partial charge in [0, 0.05) is 17.8 Å². The van der Waals surface area contributed by atoms with Gasteiger partial charge in [-0.2, -0.15) is 5.10 Å². The molecule has 4 rings (SSSR count). The number of rotatable bonds is 6. The van der Waals surface area contributed by atoms with Crippen LogP contribution in [0.1, 0.15) is 45.3 Å². The molecule has 1 aliphatic rings. The largest absolute Gasteiger partial charge is 0.462 e. The number of anilines is 1. The lowest BCUT2D eigenvalue weighted by atomic mass is 10.0. The topological polar surface area (TPSA) is 106 Å². The maximum absolute atomic E-state index is 12.5. The van der Waals surface area contributed by atoms with Crippen LogP contribution in [0.4, 0.5) is 5.69 Å². The summed E-state index contributed by atoms with van der Waals surface area (Å²) in [4.78, 5) is 38.9. The van der Waals surface area contributed by atoms with Crippen LogP contribution >= 0.6 is 0 Å². The lowest BCUT2D eigenvalue weighted by Crippen LogP contribution is -2.47. The quantitative estimate of drug-likeness (QED) is 0.432. The van der Waals surface area contributed by atoms with Crippen molar-refractivity contribution < 1.29 is 19.1 Å². The molecule has 0 aliphatic carbocycles. The Labute approximate surface area is 197 Å². The maximum atomic E-state index is 12.5. The van der Waals surface area contributed by atoms with Crippen LogP contribution in [0.25, 0.3) is 5.69 Å². The Morgan fingerprint density at radius 2 is 1.82 bits per heavy atom. The van der Waals surface area contributed by atoms with Crippen molar-refractivity contribution in [3.63, 3.8) is 0 Å². The Morgan fingerprint density at radius 1 is 1.06 bits per heavy atom. The molecule has 9 heteroatoms. The zero-order valence-corrected chi connectivity index (χ0v) is 19.2. The van der Waals surface area contributed by atoms with Crippen molar-refractivity contribution in [1.29, 1.82) is 0 Å². The van der Waals surface area contributed by atoms with Crippen molar-refractivity contribution in [2.75, 3.05) is 24.6 Å². The first-order valence-corrected chi connectivity index (χ1v) is 11.2. The number of fused-ring (bicyclic) bond motifs is 1. The zero-order valence-electron chi connectivity index (χ0n) is 19.2. The third-order valence-electron chi connectivity index (χ3n) is 5.74. The van der Waals surface area contributed by atoms with Gasteiger partial charge in [0.15, 0.2) is 0 Å². The molecule has 0 saturated carbocycles. The fourth-order valence-electron chi connectivity index (χ4n) is 4.02. The van der Waals surface area contributed by atoms with Gasteiger partial charge >= 0.3 is 5.97 Å². The van der Waals surface area contributed by atoms with Crippen LogP contribution in [0.3, 0.4) is 0 Å². The molecule has 0 bridgehead atoms. The van der Waals surface area contributed by atoms with E-state index in [1.165, 1.54) is 11.8 Å². The van der Waals surface area contributed by atoms with Gasteiger partial charge < -0.3 is 9.64 Å². The van der Waals surface area contributed by atoms with E-state index in [2.05, 4.69) is 22.0 Å². The monoisotopic (exact) mass is 461 g/mol. The number of nitrogens with one attached hydrogen (secondary N) is 2. The number of hydrogen-bond donors (Lipinski definition) is 2. The van der Waals surface area contributed by atoms with E-state index >= 15 is 0 Å². The van der Waals surface area contributed by atoms with E-state index in [1.807, 2.05) is 23.1 Å². The maximum Gasteiger partial charge on any atom is 0.341 e. The number of amides is 2. The van der Waals surface area contributed by atoms with Gasteiger partial charge in [0.2, 0.25) is 0 Å². The number of carbonyl (C=O) groups excluding carboxylic acids is 3. The second kappa shape index (κ2) is 10.2. The zero-order chi connectivity index (χ0) is 24.1. The second-order valence-corrected chi connectivity index (χ2v) is 7.98. The van der Waals surface area contributed by atoms with Crippen molar-refractivity contribution in [2.24, 2.45) is 0 Å². The Kier molecular flexibility index (Phi) is 6.91. The van der Waals surface area contributed by atoms with Crippen LogP contribution in [0.2, 0.25) is 0 Å². The van der Waals surface area contributed by atoms with E-state index in [-0.39, 0.29) is 19.1 Å². The number of benzene rings is 2. The van der Waals surface area contributed by atoms with E-state index in [9.17, 15) is 14.4 Å².